The minimum absolute atomic E-state index is 0.0168. The molecule has 0 saturated carbocycles. The summed E-state index contributed by atoms with van der Waals surface area (Å²) in [5, 5.41) is 0.719. The maximum Gasteiger partial charge on any atom is 0.175 e. The summed E-state index contributed by atoms with van der Waals surface area (Å²) >= 11 is 6.13. The summed E-state index contributed by atoms with van der Waals surface area (Å²) in [5.74, 6) is 1.12. The van der Waals surface area contributed by atoms with Gasteiger partial charge in [0, 0.05) is 37.4 Å². The van der Waals surface area contributed by atoms with Gasteiger partial charge in [0.05, 0.1) is 17.6 Å². The van der Waals surface area contributed by atoms with Crippen LogP contribution in [0.25, 0.3) is 0 Å². The highest BCUT2D eigenvalue weighted by atomic mass is 35.5. The first kappa shape index (κ1) is 22.1. The van der Waals surface area contributed by atoms with Crippen LogP contribution in [0, 0.1) is 5.92 Å². The molecule has 1 aliphatic rings. The third-order valence-corrected chi connectivity index (χ3v) is 6.63. The van der Waals surface area contributed by atoms with Gasteiger partial charge in [-0.05, 0) is 61.3 Å². The highest BCUT2D eigenvalue weighted by Gasteiger charge is 2.24. The van der Waals surface area contributed by atoms with Crippen molar-refractivity contribution in [1.29, 1.82) is 0 Å². The van der Waals surface area contributed by atoms with Crippen LogP contribution in [0.1, 0.15) is 24.5 Å². The molecule has 2 atom stereocenters. The molecule has 1 saturated heterocycles. The topological polar surface area (TPSA) is 55.8 Å². The molecule has 2 aromatic rings. The molecule has 5 nitrogen and oxygen atoms in total. The van der Waals surface area contributed by atoms with E-state index in [9.17, 15) is 8.42 Å². The Balaban J connectivity index is 1.53. The molecule has 0 bridgehead atoms. The summed E-state index contributed by atoms with van der Waals surface area (Å²) in [7, 11) is -1.45. The number of rotatable bonds is 8. The predicted octanol–water partition coefficient (Wildman–Crippen LogP) is 4.22. The van der Waals surface area contributed by atoms with Gasteiger partial charge in [0.1, 0.15) is 5.75 Å². The summed E-state index contributed by atoms with van der Waals surface area (Å²) in [6.45, 7) is 3.42. The van der Waals surface area contributed by atoms with Gasteiger partial charge in [-0.15, -0.1) is 0 Å². The van der Waals surface area contributed by atoms with Gasteiger partial charge in [-0.3, -0.25) is 0 Å². The maximum absolute atomic E-state index is 11.6. The largest absolute Gasteiger partial charge is 0.493 e. The van der Waals surface area contributed by atoms with Crippen LogP contribution < -0.4 is 4.74 Å². The number of ether oxygens (including phenoxy) is 2. The second kappa shape index (κ2) is 9.94. The summed E-state index contributed by atoms with van der Waals surface area (Å²) < 4.78 is 34.8. The van der Waals surface area contributed by atoms with Crippen molar-refractivity contribution in [2.24, 2.45) is 5.92 Å². The molecule has 0 aliphatic carbocycles. The molecule has 3 rings (SSSR count). The Morgan fingerprint density at radius 2 is 1.97 bits per heavy atom. The lowest BCUT2D eigenvalue weighted by atomic mass is 9.98. The Bertz CT molecular complexity index is 901. The minimum Gasteiger partial charge on any atom is -0.493 e. The Morgan fingerprint density at radius 3 is 2.62 bits per heavy atom. The Labute approximate surface area is 178 Å². The van der Waals surface area contributed by atoms with E-state index in [0.29, 0.717) is 23.2 Å². The van der Waals surface area contributed by atoms with Crippen molar-refractivity contribution in [3.8, 4) is 5.75 Å². The van der Waals surface area contributed by atoms with Crippen LogP contribution in [0.2, 0.25) is 5.02 Å². The number of methoxy groups -OCH3 is 1. The van der Waals surface area contributed by atoms with E-state index in [2.05, 4.69) is 4.90 Å². The van der Waals surface area contributed by atoms with Crippen molar-refractivity contribution in [3.05, 3.63) is 59.1 Å². The van der Waals surface area contributed by atoms with Crippen molar-refractivity contribution in [2.75, 3.05) is 39.6 Å². The van der Waals surface area contributed by atoms with E-state index in [1.807, 2.05) is 24.3 Å². The van der Waals surface area contributed by atoms with Gasteiger partial charge in [-0.2, -0.15) is 0 Å². The van der Waals surface area contributed by atoms with Gasteiger partial charge in [0.15, 0.2) is 9.84 Å². The smallest absolute Gasteiger partial charge is 0.175 e. The number of halogens is 1. The fourth-order valence-electron chi connectivity index (χ4n) is 3.71. The van der Waals surface area contributed by atoms with Crippen molar-refractivity contribution in [2.45, 2.75) is 23.8 Å². The zero-order valence-electron chi connectivity index (χ0n) is 16.9. The number of hydrogen-bond acceptors (Lipinski definition) is 5. The lowest BCUT2D eigenvalue weighted by Gasteiger charge is -2.34. The van der Waals surface area contributed by atoms with Crippen molar-refractivity contribution >= 4 is 21.4 Å². The van der Waals surface area contributed by atoms with Gasteiger partial charge in [0.2, 0.25) is 0 Å². The lowest BCUT2D eigenvalue weighted by molar-refractivity contribution is 0.0410. The zero-order valence-corrected chi connectivity index (χ0v) is 18.5. The molecule has 158 valence electrons. The van der Waals surface area contributed by atoms with Crippen LogP contribution >= 0.6 is 11.6 Å². The van der Waals surface area contributed by atoms with Crippen LogP contribution in [0.3, 0.4) is 0 Å². The molecule has 29 heavy (non-hydrogen) atoms. The van der Waals surface area contributed by atoms with Crippen LogP contribution in [-0.4, -0.2) is 52.9 Å². The van der Waals surface area contributed by atoms with E-state index < -0.39 is 9.84 Å². The van der Waals surface area contributed by atoms with Crippen LogP contribution in [-0.2, 0) is 14.6 Å². The Hall–Kier alpha value is -1.60. The normalized spacial score (nSPS) is 19.1. The van der Waals surface area contributed by atoms with E-state index in [0.717, 1.165) is 43.1 Å². The molecule has 1 heterocycles. The quantitative estimate of drug-likeness (QED) is 0.618. The fourth-order valence-corrected chi connectivity index (χ4v) is 4.54. The molecule has 0 N–H and O–H groups in total. The standard InChI is InChI=1S/C22H28ClNO4S/c1-27-22(18-6-3-7-19(23)13-18)15-24-12-4-5-17(14-24)16-28-20-8-10-21(11-9-20)29(2,25)26/h3,6-11,13,17,22H,4-5,12,14-16H2,1-2H3/t17-,22?/m1/s1. The SMILES string of the molecule is COC(CN1CCC[C@@H](COc2ccc(S(C)(=O)=O)cc2)C1)c1cccc(Cl)c1. The third-order valence-electron chi connectivity index (χ3n) is 5.27. The lowest BCUT2D eigenvalue weighted by Crippen LogP contribution is -2.40. The van der Waals surface area contributed by atoms with E-state index >= 15 is 0 Å². The first-order chi connectivity index (χ1) is 13.8. The molecule has 0 amide bonds. The van der Waals surface area contributed by atoms with Crippen molar-refractivity contribution < 1.29 is 17.9 Å². The molecule has 0 aromatic heterocycles. The fraction of sp³-hybridized carbons (Fsp3) is 0.455. The summed E-state index contributed by atoms with van der Waals surface area (Å²) in [5.41, 5.74) is 1.09. The molecule has 1 aliphatic heterocycles. The Morgan fingerprint density at radius 1 is 1.21 bits per heavy atom. The first-order valence-electron chi connectivity index (χ1n) is 9.78. The molecular weight excluding hydrogens is 410 g/mol. The van der Waals surface area contributed by atoms with Gasteiger partial charge in [0.25, 0.3) is 0 Å². The van der Waals surface area contributed by atoms with Crippen molar-refractivity contribution in [1.82, 2.24) is 4.90 Å². The van der Waals surface area contributed by atoms with Crippen LogP contribution in [0.15, 0.2) is 53.4 Å². The number of nitrogens with zero attached hydrogens (tertiary/aromatic N) is 1. The first-order valence-corrected chi connectivity index (χ1v) is 12.1. The summed E-state index contributed by atoms with van der Waals surface area (Å²) in [4.78, 5) is 2.72. The monoisotopic (exact) mass is 437 g/mol. The molecule has 0 radical (unpaired) electrons. The highest BCUT2D eigenvalue weighted by molar-refractivity contribution is 7.90. The second-order valence-electron chi connectivity index (χ2n) is 7.60. The van der Waals surface area contributed by atoms with Gasteiger partial charge < -0.3 is 14.4 Å². The van der Waals surface area contributed by atoms with Crippen molar-refractivity contribution in [3.63, 3.8) is 0 Å². The number of sulfone groups is 1. The number of piperidine rings is 1. The number of likely N-dealkylation sites (tertiary alicyclic amines) is 1. The minimum atomic E-state index is -3.18. The Kier molecular flexibility index (Phi) is 7.57. The average Bonchev–Trinajstić information content (AvgIpc) is 2.70. The molecule has 2 aromatic carbocycles. The van der Waals surface area contributed by atoms with Crippen LogP contribution in [0.5, 0.6) is 5.75 Å². The molecular formula is C22H28ClNO4S. The third kappa shape index (κ3) is 6.44. The molecule has 1 unspecified atom stereocenters. The summed E-state index contributed by atoms with van der Waals surface area (Å²) in [6, 6.07) is 14.4. The van der Waals surface area contributed by atoms with Gasteiger partial charge >= 0.3 is 0 Å². The van der Waals surface area contributed by atoms with Gasteiger partial charge in [-0.25, -0.2) is 8.42 Å². The maximum atomic E-state index is 11.6. The summed E-state index contributed by atoms with van der Waals surface area (Å²) in [6.07, 6.45) is 3.42. The number of hydrogen-bond donors (Lipinski definition) is 0. The number of benzene rings is 2. The van der Waals surface area contributed by atoms with E-state index in [1.54, 1.807) is 31.4 Å². The second-order valence-corrected chi connectivity index (χ2v) is 10.1. The average molecular weight is 438 g/mol. The van der Waals surface area contributed by atoms with E-state index in [4.69, 9.17) is 21.1 Å². The molecule has 7 heteroatoms. The molecule has 0 spiro atoms. The van der Waals surface area contributed by atoms with Gasteiger partial charge in [-0.1, -0.05) is 23.7 Å². The predicted molar refractivity (Wildman–Crippen MR) is 115 cm³/mol. The molecule has 1 fully saturated rings. The van der Waals surface area contributed by atoms with Crippen LogP contribution in [0.4, 0.5) is 0 Å². The highest BCUT2D eigenvalue weighted by Crippen LogP contribution is 2.25. The van der Waals surface area contributed by atoms with E-state index in [-0.39, 0.29) is 6.10 Å². The van der Waals surface area contributed by atoms with E-state index in [1.165, 1.54) is 6.26 Å². The zero-order chi connectivity index (χ0) is 20.9.